The van der Waals surface area contributed by atoms with Crippen LogP contribution in [0.2, 0.25) is 5.28 Å². The molecule has 4 aromatic carbocycles. The molecule has 2 aliphatic rings. The largest absolute Gasteiger partial charge is 0.292 e. The number of thiophene rings is 1. The summed E-state index contributed by atoms with van der Waals surface area (Å²) in [7, 11) is 0. The van der Waals surface area contributed by atoms with Crippen LogP contribution in [-0.4, -0.2) is 19.8 Å². The van der Waals surface area contributed by atoms with E-state index in [2.05, 4.69) is 102 Å². The average molecular weight is 544 g/mol. The van der Waals surface area contributed by atoms with Gasteiger partial charge in [0.15, 0.2) is 5.82 Å². The summed E-state index contributed by atoms with van der Waals surface area (Å²) in [5.74, 6) is 1.08. The number of rotatable bonds is 1. The van der Waals surface area contributed by atoms with Crippen molar-refractivity contribution in [3.63, 3.8) is 0 Å². The van der Waals surface area contributed by atoms with Crippen LogP contribution in [0.1, 0.15) is 11.6 Å². The van der Waals surface area contributed by atoms with Crippen LogP contribution < -0.4 is 0 Å². The molecule has 9 rings (SSSR count). The molecule has 0 spiro atoms. The van der Waals surface area contributed by atoms with Crippen molar-refractivity contribution >= 4 is 87.5 Å². The number of fused-ring (bicyclic) bond motifs is 13. The maximum absolute atomic E-state index is 6.67. The molecular weight excluding hydrogens is 526 g/mol. The van der Waals surface area contributed by atoms with Crippen molar-refractivity contribution in [2.75, 3.05) is 0 Å². The lowest BCUT2D eigenvalue weighted by molar-refractivity contribution is 0.815. The molecule has 1 aliphatic carbocycles. The van der Waals surface area contributed by atoms with Gasteiger partial charge < -0.3 is 0 Å². The van der Waals surface area contributed by atoms with Crippen LogP contribution in [0.15, 0.2) is 102 Å². The smallest absolute Gasteiger partial charge is 0.224 e. The van der Waals surface area contributed by atoms with E-state index >= 15 is 0 Å². The fourth-order valence-electron chi connectivity index (χ4n) is 6.34. The zero-order valence-corrected chi connectivity index (χ0v) is 22.3. The number of thioether (sulfide) groups is 1. The van der Waals surface area contributed by atoms with Gasteiger partial charge in [0.05, 0.1) is 21.6 Å². The Bertz CT molecular complexity index is 2200. The molecule has 2 unspecified atom stereocenters. The molecule has 180 valence electrons. The summed E-state index contributed by atoms with van der Waals surface area (Å²) in [5, 5.41) is 8.21. The quantitative estimate of drug-likeness (QED) is 0.193. The van der Waals surface area contributed by atoms with Gasteiger partial charge in [0.25, 0.3) is 0 Å². The van der Waals surface area contributed by atoms with Crippen LogP contribution in [0.5, 0.6) is 0 Å². The highest BCUT2D eigenvalue weighted by atomic mass is 35.5. The van der Waals surface area contributed by atoms with E-state index in [9.17, 15) is 0 Å². The highest BCUT2D eigenvalue weighted by molar-refractivity contribution is 8.00. The van der Waals surface area contributed by atoms with E-state index in [1.807, 2.05) is 23.1 Å². The van der Waals surface area contributed by atoms with Crippen molar-refractivity contribution in [2.45, 2.75) is 16.1 Å². The average Bonchev–Trinajstić information content (AvgIpc) is 3.63. The lowest BCUT2D eigenvalue weighted by Gasteiger charge is -2.14. The van der Waals surface area contributed by atoms with Gasteiger partial charge in [-0.3, -0.25) is 4.57 Å². The summed E-state index contributed by atoms with van der Waals surface area (Å²) in [6.07, 6.45) is 8.73. The molecule has 2 atom stereocenters. The molecule has 0 saturated carbocycles. The molecule has 6 heteroatoms. The number of benzene rings is 4. The molecule has 0 amide bonds. The van der Waals surface area contributed by atoms with Crippen molar-refractivity contribution in [2.24, 2.45) is 0 Å². The maximum atomic E-state index is 6.67. The molecule has 4 heterocycles. The topological polar surface area (TPSA) is 30.7 Å². The summed E-state index contributed by atoms with van der Waals surface area (Å²) < 4.78 is 4.99. The maximum Gasteiger partial charge on any atom is 0.224 e. The van der Waals surface area contributed by atoms with Crippen molar-refractivity contribution in [3.8, 4) is 5.82 Å². The third-order valence-electron chi connectivity index (χ3n) is 7.86. The lowest BCUT2D eigenvalue weighted by atomic mass is 9.97. The van der Waals surface area contributed by atoms with Gasteiger partial charge in [-0.25, -0.2) is 4.98 Å². The molecular formula is C32H18ClN3S2. The summed E-state index contributed by atoms with van der Waals surface area (Å²) >= 11 is 10.4. The van der Waals surface area contributed by atoms with Crippen molar-refractivity contribution in [1.29, 1.82) is 0 Å². The Morgan fingerprint density at radius 1 is 0.737 bits per heavy atom. The standard InChI is InChI=1S/C32H18ClN3S2/c33-32-34-27-21-13-5-8-16-24(21)38-30(27)31(35-32)36-22-14-6-3-11-19(22)25-26-20-12-4-7-15-23(20)37-29(26)18-10-2-1-9-17(18)28(25)36/h1-16,21,24H. The first-order valence-electron chi connectivity index (χ1n) is 12.6. The number of hydrogen-bond donors (Lipinski definition) is 0. The third-order valence-corrected chi connectivity index (χ3v) is 10.6. The third kappa shape index (κ3) is 2.71. The SMILES string of the molecule is Clc1nc2c(c(-n3c4ccccc4c4c5c6ccccc6sc5c5ccccc5c43)n1)SC1C=CC=CC21. The predicted molar refractivity (Wildman–Crippen MR) is 162 cm³/mol. The molecule has 0 N–H and O–H groups in total. The first-order chi connectivity index (χ1) is 18.8. The summed E-state index contributed by atoms with van der Waals surface area (Å²) in [6.45, 7) is 0. The second kappa shape index (κ2) is 7.70. The molecule has 0 bridgehead atoms. The van der Waals surface area contributed by atoms with Gasteiger partial charge in [-0.15, -0.1) is 23.1 Å². The van der Waals surface area contributed by atoms with Gasteiger partial charge in [0, 0.05) is 52.9 Å². The van der Waals surface area contributed by atoms with Crippen molar-refractivity contribution in [1.82, 2.24) is 14.5 Å². The van der Waals surface area contributed by atoms with Gasteiger partial charge >= 0.3 is 0 Å². The molecule has 0 fully saturated rings. The van der Waals surface area contributed by atoms with Crippen LogP contribution in [0, 0.1) is 0 Å². The van der Waals surface area contributed by atoms with Crippen molar-refractivity contribution in [3.05, 3.63) is 108 Å². The number of hydrogen-bond acceptors (Lipinski definition) is 4. The molecule has 0 radical (unpaired) electrons. The Morgan fingerprint density at radius 3 is 2.37 bits per heavy atom. The van der Waals surface area contributed by atoms with E-state index in [-0.39, 0.29) is 5.92 Å². The van der Waals surface area contributed by atoms with Gasteiger partial charge in [0.2, 0.25) is 5.28 Å². The van der Waals surface area contributed by atoms with E-state index in [4.69, 9.17) is 21.6 Å². The number of halogens is 1. The molecule has 3 nitrogen and oxygen atoms in total. The number of nitrogens with zero attached hydrogens (tertiary/aromatic N) is 3. The lowest BCUT2D eigenvalue weighted by Crippen LogP contribution is -2.09. The first-order valence-corrected chi connectivity index (χ1v) is 14.7. The van der Waals surface area contributed by atoms with Crippen LogP contribution in [0.3, 0.4) is 0 Å². The van der Waals surface area contributed by atoms with E-state index in [1.54, 1.807) is 0 Å². The first kappa shape index (κ1) is 21.3. The van der Waals surface area contributed by atoms with E-state index in [0.717, 1.165) is 21.9 Å². The highest BCUT2D eigenvalue weighted by Crippen LogP contribution is 2.52. The minimum Gasteiger partial charge on any atom is -0.292 e. The van der Waals surface area contributed by atoms with Crippen molar-refractivity contribution < 1.29 is 0 Å². The molecule has 3 aromatic heterocycles. The predicted octanol–water partition coefficient (Wildman–Crippen LogP) is 9.43. The van der Waals surface area contributed by atoms with E-state index < -0.39 is 0 Å². The van der Waals surface area contributed by atoms with Gasteiger partial charge in [0.1, 0.15) is 0 Å². The fourth-order valence-corrected chi connectivity index (χ4v) is 9.11. The second-order valence-corrected chi connectivity index (χ2v) is 12.4. The minimum absolute atomic E-state index is 0.205. The Labute approximate surface area is 231 Å². The molecule has 1 aliphatic heterocycles. The number of aromatic nitrogens is 3. The Morgan fingerprint density at radius 2 is 1.47 bits per heavy atom. The summed E-state index contributed by atoms with van der Waals surface area (Å²) in [6, 6.07) is 26.3. The Balaban J connectivity index is 1.54. The van der Waals surface area contributed by atoms with Gasteiger partial charge in [-0.05, 0) is 23.7 Å². The van der Waals surface area contributed by atoms with Crippen LogP contribution >= 0.6 is 34.7 Å². The number of allylic oxidation sites excluding steroid dienone is 3. The summed E-state index contributed by atoms with van der Waals surface area (Å²) in [5.41, 5.74) is 3.33. The van der Waals surface area contributed by atoms with E-state index in [0.29, 0.717) is 10.5 Å². The van der Waals surface area contributed by atoms with Crippen LogP contribution in [0.25, 0.3) is 58.6 Å². The van der Waals surface area contributed by atoms with Gasteiger partial charge in [-0.2, -0.15) is 4.98 Å². The second-order valence-electron chi connectivity index (χ2n) is 9.83. The van der Waals surface area contributed by atoms with Gasteiger partial charge in [-0.1, -0.05) is 85.0 Å². The minimum atomic E-state index is 0.205. The number of para-hydroxylation sites is 1. The Kier molecular flexibility index (Phi) is 4.32. The van der Waals surface area contributed by atoms with Crippen LogP contribution in [-0.2, 0) is 0 Å². The normalized spacial score (nSPS) is 18.3. The molecule has 38 heavy (non-hydrogen) atoms. The zero-order valence-electron chi connectivity index (χ0n) is 19.9. The Hall–Kier alpha value is -3.64. The highest BCUT2D eigenvalue weighted by Gasteiger charge is 2.36. The molecule has 7 aromatic rings. The zero-order chi connectivity index (χ0) is 25.0. The van der Waals surface area contributed by atoms with Crippen LogP contribution in [0.4, 0.5) is 0 Å². The monoisotopic (exact) mass is 543 g/mol. The van der Waals surface area contributed by atoms with E-state index in [1.165, 1.54) is 47.2 Å². The fraction of sp³-hybridized carbons (Fsp3) is 0.0625. The molecule has 0 saturated heterocycles. The summed E-state index contributed by atoms with van der Waals surface area (Å²) in [4.78, 5) is 10.8.